The van der Waals surface area contributed by atoms with E-state index in [2.05, 4.69) is 184 Å². The van der Waals surface area contributed by atoms with Crippen LogP contribution in [0.15, 0.2) is 219 Å². The summed E-state index contributed by atoms with van der Waals surface area (Å²) in [7, 11) is 0. The van der Waals surface area contributed by atoms with E-state index < -0.39 is 0 Å². The van der Waals surface area contributed by atoms with Gasteiger partial charge in [0.15, 0.2) is 4.91 Å². The fraction of sp³-hybridized carbons (Fsp3) is 0. The average Bonchev–Trinajstić information content (AvgIpc) is 4.00. The van der Waals surface area contributed by atoms with E-state index in [0.29, 0.717) is 0 Å². The number of para-hydroxylation sites is 3. The Labute approximate surface area is 361 Å². The van der Waals surface area contributed by atoms with Gasteiger partial charge in [-0.1, -0.05) is 138 Å². The molecule has 0 spiro atoms. The van der Waals surface area contributed by atoms with Gasteiger partial charge in [0.2, 0.25) is 0 Å². The summed E-state index contributed by atoms with van der Waals surface area (Å²) in [6.07, 6.45) is 1.87. The first-order valence-electron chi connectivity index (χ1n) is 21.2. The molecule has 13 aromatic rings. The largest absolute Gasteiger partial charge is 0.309 e. The minimum absolute atomic E-state index is 0.840. The van der Waals surface area contributed by atoms with Gasteiger partial charge < -0.3 is 9.13 Å². The number of pyridine rings is 1. The lowest BCUT2D eigenvalue weighted by molar-refractivity contribution is -0.827. The quantitative estimate of drug-likeness (QED) is 0.157. The lowest BCUT2D eigenvalue weighted by Crippen LogP contribution is -2.49. The molecule has 0 saturated heterocycles. The van der Waals surface area contributed by atoms with Gasteiger partial charge in [0.25, 0.3) is 0 Å². The van der Waals surface area contributed by atoms with Crippen molar-refractivity contribution >= 4 is 65.5 Å². The summed E-state index contributed by atoms with van der Waals surface area (Å²) >= 11 is 0. The molecule has 0 unspecified atom stereocenters. The van der Waals surface area contributed by atoms with Crippen LogP contribution in [0.4, 0.5) is 0 Å². The summed E-state index contributed by atoms with van der Waals surface area (Å²) < 4.78 is 6.84. The smallest absolute Gasteiger partial charge is 0.163 e. The third kappa shape index (κ3) is 5.53. The summed E-state index contributed by atoms with van der Waals surface area (Å²) in [5, 5.41) is 16.2. The lowest BCUT2D eigenvalue weighted by Gasteiger charge is -2.12. The van der Waals surface area contributed by atoms with Crippen molar-refractivity contribution in [2.45, 2.75) is 0 Å². The standard InChI is InChI=1S/C56H36N7/c1-3-14-37(15-4-1)48-36-49(38-16-5-2-6-17-38)59-63(58-48)62-53-23-12-8-18-43(53)45-31-25-40(35-55(45)62)39-26-32-52-47(34-39)44-19-7-10-21-50(44)60(52)41-27-29-42(30-28-41)61-51-22-11-9-20-46(51)56-54(61)24-13-33-57-56/h1-36H/q+1. The van der Waals surface area contributed by atoms with Crippen LogP contribution in [0.3, 0.4) is 0 Å². The van der Waals surface area contributed by atoms with Crippen molar-refractivity contribution in [2.75, 3.05) is 0 Å². The summed E-state index contributed by atoms with van der Waals surface area (Å²) in [5.41, 5.74) is 15.8. The van der Waals surface area contributed by atoms with Crippen LogP contribution >= 0.6 is 0 Å². The average molecular weight is 807 g/mol. The molecule has 294 valence electrons. The second-order valence-corrected chi connectivity index (χ2v) is 16.0. The highest BCUT2D eigenvalue weighted by Gasteiger charge is 2.24. The van der Waals surface area contributed by atoms with Crippen LogP contribution in [0.1, 0.15) is 0 Å². The first-order valence-corrected chi connectivity index (χ1v) is 21.2. The summed E-state index contributed by atoms with van der Waals surface area (Å²) in [6, 6.07) is 75.1. The Hall–Kier alpha value is -8.68. The molecule has 0 bridgehead atoms. The van der Waals surface area contributed by atoms with E-state index in [-0.39, 0.29) is 0 Å². The highest BCUT2D eigenvalue weighted by molar-refractivity contribution is 6.12. The number of aromatic nitrogens is 7. The highest BCUT2D eigenvalue weighted by Crippen LogP contribution is 2.38. The molecule has 0 saturated carbocycles. The number of benzene rings is 8. The SMILES string of the molecule is c1ccc(-c2cc(-c3ccccc3)n[n+](-n3c4ccccc4c4ccc(-c5ccc6c(c5)c5ccccc5n6-c5ccc(-n6c7ccccc7c7ncccc76)cc5)cc43)n2)cc1. The van der Waals surface area contributed by atoms with Gasteiger partial charge >= 0.3 is 0 Å². The van der Waals surface area contributed by atoms with Gasteiger partial charge in [-0.25, -0.2) is 0 Å². The maximum Gasteiger partial charge on any atom is 0.163 e. The van der Waals surface area contributed by atoms with Crippen molar-refractivity contribution in [2.24, 2.45) is 0 Å². The Morgan fingerprint density at radius 2 is 0.810 bits per heavy atom. The van der Waals surface area contributed by atoms with E-state index in [1.54, 1.807) is 4.91 Å². The number of nitrogens with zero attached hydrogens (tertiary/aromatic N) is 7. The molecule has 8 aromatic carbocycles. The highest BCUT2D eigenvalue weighted by atomic mass is 15.7. The van der Waals surface area contributed by atoms with Gasteiger partial charge in [-0.15, -0.1) is 0 Å². The van der Waals surface area contributed by atoms with Crippen LogP contribution in [0.2, 0.25) is 0 Å². The fourth-order valence-corrected chi connectivity index (χ4v) is 9.56. The van der Waals surface area contributed by atoms with Crippen LogP contribution in [0.25, 0.3) is 111 Å². The van der Waals surface area contributed by atoms with Gasteiger partial charge in [-0.05, 0) is 83.9 Å². The molecular formula is C56H36N7+. The van der Waals surface area contributed by atoms with Crippen LogP contribution in [0, 0.1) is 0 Å². The van der Waals surface area contributed by atoms with Crippen LogP contribution in [0.5, 0.6) is 0 Å². The molecule has 0 N–H and O–H groups in total. The number of hydrogen-bond acceptors (Lipinski definition) is 3. The van der Waals surface area contributed by atoms with Crippen molar-refractivity contribution in [1.82, 2.24) is 29.0 Å². The van der Waals surface area contributed by atoms with Gasteiger partial charge in [-0.2, -0.15) is 0 Å². The molecule has 5 aromatic heterocycles. The first-order chi connectivity index (χ1) is 31.2. The van der Waals surface area contributed by atoms with E-state index in [9.17, 15) is 0 Å². The molecular weight excluding hydrogens is 771 g/mol. The van der Waals surface area contributed by atoms with E-state index in [4.69, 9.17) is 15.2 Å². The van der Waals surface area contributed by atoms with Gasteiger partial charge in [0.1, 0.15) is 22.4 Å². The molecule has 0 atom stereocenters. The molecule has 0 fully saturated rings. The molecule has 0 aliphatic carbocycles. The van der Waals surface area contributed by atoms with Gasteiger partial charge in [-0.3, -0.25) is 4.98 Å². The van der Waals surface area contributed by atoms with E-state index in [0.717, 1.165) is 99.8 Å². The second kappa shape index (κ2) is 13.9. The summed E-state index contributed by atoms with van der Waals surface area (Å²) in [5.74, 6) is 0. The van der Waals surface area contributed by atoms with E-state index >= 15 is 0 Å². The predicted octanol–water partition coefficient (Wildman–Crippen LogP) is 12.8. The van der Waals surface area contributed by atoms with Crippen molar-refractivity contribution in [3.63, 3.8) is 0 Å². The molecule has 7 heteroatoms. The van der Waals surface area contributed by atoms with Crippen molar-refractivity contribution in [3.05, 3.63) is 219 Å². The Balaban J connectivity index is 0.957. The maximum atomic E-state index is 5.19. The zero-order valence-corrected chi connectivity index (χ0v) is 33.9. The van der Waals surface area contributed by atoms with E-state index in [1.807, 2.05) is 48.7 Å². The molecule has 63 heavy (non-hydrogen) atoms. The maximum absolute atomic E-state index is 5.19. The summed E-state index contributed by atoms with van der Waals surface area (Å²) in [6.45, 7) is 0. The van der Waals surface area contributed by atoms with Crippen LogP contribution < -0.4 is 4.91 Å². The number of rotatable bonds is 6. The molecule has 0 radical (unpaired) electrons. The molecule has 7 nitrogen and oxygen atoms in total. The number of fused-ring (bicyclic) bond motifs is 9. The Bertz CT molecular complexity index is 3790. The molecule has 0 aliphatic rings. The molecule has 0 aliphatic heterocycles. The molecule has 5 heterocycles. The predicted molar refractivity (Wildman–Crippen MR) is 255 cm³/mol. The van der Waals surface area contributed by atoms with Crippen LogP contribution in [-0.4, -0.2) is 29.0 Å². The summed E-state index contributed by atoms with van der Waals surface area (Å²) in [4.78, 5) is 6.53. The second-order valence-electron chi connectivity index (χ2n) is 16.0. The minimum Gasteiger partial charge on any atom is -0.309 e. The zero-order chi connectivity index (χ0) is 41.4. The Morgan fingerprint density at radius 1 is 0.317 bits per heavy atom. The van der Waals surface area contributed by atoms with Crippen molar-refractivity contribution in [1.29, 1.82) is 0 Å². The Kier molecular flexibility index (Phi) is 7.77. The van der Waals surface area contributed by atoms with E-state index in [1.165, 1.54) is 10.8 Å². The lowest BCUT2D eigenvalue weighted by atomic mass is 10.0. The monoisotopic (exact) mass is 806 g/mol. The van der Waals surface area contributed by atoms with Crippen LogP contribution in [-0.2, 0) is 0 Å². The van der Waals surface area contributed by atoms with Crippen molar-refractivity contribution < 1.29 is 4.91 Å². The molecule has 0 amide bonds. The zero-order valence-electron chi connectivity index (χ0n) is 33.9. The van der Waals surface area contributed by atoms with Gasteiger partial charge in [0, 0.05) is 61.7 Å². The van der Waals surface area contributed by atoms with Crippen molar-refractivity contribution in [3.8, 4) is 45.0 Å². The third-order valence-corrected chi connectivity index (χ3v) is 12.4. The Morgan fingerprint density at radius 3 is 1.49 bits per heavy atom. The normalized spacial score (nSPS) is 11.8. The molecule has 13 rings (SSSR count). The topological polar surface area (TPSA) is 57.3 Å². The minimum atomic E-state index is 0.840. The third-order valence-electron chi connectivity index (χ3n) is 12.4. The fourth-order valence-electron chi connectivity index (χ4n) is 9.56. The first kappa shape index (κ1) is 35.1. The van der Waals surface area contributed by atoms with Gasteiger partial charge in [0.05, 0.1) is 37.8 Å². The number of hydrogen-bond donors (Lipinski definition) is 0.